The summed E-state index contributed by atoms with van der Waals surface area (Å²) >= 11 is 7.36. The normalized spacial score (nSPS) is 25.1. The maximum absolute atomic E-state index is 13.2. The minimum Gasteiger partial charge on any atom is -0.465 e. The van der Waals surface area contributed by atoms with Crippen LogP contribution in [0.2, 0.25) is 4.34 Å². The molecule has 2 fully saturated rings. The number of aliphatic hydroxyl groups is 2. The van der Waals surface area contributed by atoms with E-state index < -0.39 is 29.6 Å². The van der Waals surface area contributed by atoms with E-state index in [4.69, 9.17) is 16.3 Å². The van der Waals surface area contributed by atoms with E-state index in [1.54, 1.807) is 24.0 Å². The Balaban J connectivity index is 1.23. The SMILES string of the molecule is CNc1nc(C#Cc2ccc(Cl)s2)nc2c1ncn2[C@H]1[C@H](O)[C@H](O)[C@@]2(C(=O)OCCCc3ccccc3)C[C@H]12. The van der Waals surface area contributed by atoms with Gasteiger partial charge >= 0.3 is 5.97 Å². The second-order valence-corrected chi connectivity index (χ2v) is 11.5. The van der Waals surface area contributed by atoms with Crippen LogP contribution >= 0.6 is 22.9 Å². The molecule has 1 aromatic carbocycles. The van der Waals surface area contributed by atoms with Gasteiger partial charge in [-0.15, -0.1) is 11.3 Å². The monoisotopic (exact) mass is 563 g/mol. The molecule has 6 rings (SSSR count). The maximum atomic E-state index is 13.2. The summed E-state index contributed by atoms with van der Waals surface area (Å²) in [7, 11) is 1.73. The first-order chi connectivity index (χ1) is 18.9. The molecule has 0 saturated heterocycles. The van der Waals surface area contributed by atoms with Gasteiger partial charge in [-0.25, -0.2) is 15.0 Å². The predicted molar refractivity (Wildman–Crippen MR) is 147 cm³/mol. The first-order valence-corrected chi connectivity index (χ1v) is 13.9. The molecule has 9 nitrogen and oxygen atoms in total. The van der Waals surface area contributed by atoms with Crippen molar-refractivity contribution in [2.75, 3.05) is 19.0 Å². The number of esters is 1. The number of fused-ring (bicyclic) bond motifs is 2. The Kier molecular flexibility index (Phi) is 6.77. The van der Waals surface area contributed by atoms with Crippen molar-refractivity contribution in [3.05, 3.63) is 69.4 Å². The lowest BCUT2D eigenvalue weighted by Gasteiger charge is -2.23. The fourth-order valence-corrected chi connectivity index (χ4v) is 6.49. The molecule has 3 N–H and O–H groups in total. The van der Waals surface area contributed by atoms with Gasteiger partial charge in [-0.2, -0.15) is 0 Å². The number of carbonyl (C=O) groups is 1. The van der Waals surface area contributed by atoms with Crippen molar-refractivity contribution in [1.82, 2.24) is 19.5 Å². The largest absolute Gasteiger partial charge is 0.465 e. The Morgan fingerprint density at radius 3 is 2.79 bits per heavy atom. The summed E-state index contributed by atoms with van der Waals surface area (Å²) in [6.07, 6.45) is 1.02. The van der Waals surface area contributed by atoms with E-state index in [-0.39, 0.29) is 18.3 Å². The van der Waals surface area contributed by atoms with Crippen molar-refractivity contribution in [3.63, 3.8) is 0 Å². The molecule has 11 heteroatoms. The number of hydrogen-bond acceptors (Lipinski definition) is 9. The van der Waals surface area contributed by atoms with Gasteiger partial charge < -0.3 is 24.8 Å². The third kappa shape index (κ3) is 4.55. The number of ether oxygens (including phenoxy) is 1. The van der Waals surface area contributed by atoms with Gasteiger partial charge in [-0.3, -0.25) is 4.79 Å². The fourth-order valence-electron chi connectivity index (χ4n) is 5.60. The number of nitrogens with zero attached hydrogens (tertiary/aromatic N) is 4. The number of benzene rings is 1. The summed E-state index contributed by atoms with van der Waals surface area (Å²) in [6.45, 7) is 0.250. The van der Waals surface area contributed by atoms with Gasteiger partial charge in [-0.05, 0) is 48.8 Å². The number of halogens is 1. The van der Waals surface area contributed by atoms with Gasteiger partial charge in [0, 0.05) is 13.0 Å². The molecule has 2 saturated carbocycles. The number of rotatable bonds is 7. The molecule has 0 aliphatic heterocycles. The van der Waals surface area contributed by atoms with Crippen LogP contribution in [0, 0.1) is 23.2 Å². The van der Waals surface area contributed by atoms with Crippen LogP contribution in [0.5, 0.6) is 0 Å². The molecule has 2 aliphatic carbocycles. The van der Waals surface area contributed by atoms with Crippen molar-refractivity contribution in [2.24, 2.45) is 11.3 Å². The summed E-state index contributed by atoms with van der Waals surface area (Å²) in [5, 5.41) is 25.1. The van der Waals surface area contributed by atoms with E-state index in [2.05, 4.69) is 32.1 Å². The third-order valence-electron chi connectivity index (χ3n) is 7.59. The van der Waals surface area contributed by atoms with Crippen LogP contribution in [0.15, 0.2) is 48.8 Å². The Morgan fingerprint density at radius 1 is 1.23 bits per heavy atom. The molecular weight excluding hydrogens is 538 g/mol. The average molecular weight is 564 g/mol. The number of carbonyl (C=O) groups excluding carboxylic acids is 1. The van der Waals surface area contributed by atoms with Crippen LogP contribution in [-0.2, 0) is 16.0 Å². The number of aryl methyl sites for hydroxylation is 1. The highest BCUT2D eigenvalue weighted by Gasteiger charge is 2.76. The molecular formula is C28H26ClN5O4S. The highest BCUT2D eigenvalue weighted by Crippen LogP contribution is 2.68. The van der Waals surface area contributed by atoms with Crippen LogP contribution in [0.25, 0.3) is 11.2 Å². The number of imidazole rings is 1. The lowest BCUT2D eigenvalue weighted by Crippen LogP contribution is -2.38. The number of thiophene rings is 1. The van der Waals surface area contributed by atoms with Crippen LogP contribution in [0.1, 0.15) is 35.1 Å². The van der Waals surface area contributed by atoms with E-state index in [1.807, 2.05) is 36.4 Å². The summed E-state index contributed by atoms with van der Waals surface area (Å²) in [5.74, 6) is 5.97. The molecule has 5 atom stereocenters. The molecule has 0 bridgehead atoms. The molecule has 4 aromatic rings. The molecule has 3 aromatic heterocycles. The summed E-state index contributed by atoms with van der Waals surface area (Å²) in [4.78, 5) is 27.5. The first kappa shape index (κ1) is 25.8. The molecule has 200 valence electrons. The van der Waals surface area contributed by atoms with Crippen molar-refractivity contribution >= 4 is 45.9 Å². The zero-order valence-corrected chi connectivity index (χ0v) is 22.6. The van der Waals surface area contributed by atoms with Gasteiger partial charge in [0.05, 0.1) is 34.3 Å². The molecule has 39 heavy (non-hydrogen) atoms. The highest BCUT2D eigenvalue weighted by atomic mass is 35.5. The highest BCUT2D eigenvalue weighted by molar-refractivity contribution is 7.16. The van der Waals surface area contributed by atoms with Gasteiger partial charge in [-0.1, -0.05) is 41.9 Å². The molecule has 0 unspecified atom stereocenters. The molecule has 0 amide bonds. The van der Waals surface area contributed by atoms with Crippen molar-refractivity contribution in [3.8, 4) is 11.8 Å². The Labute approximate surface area is 233 Å². The topological polar surface area (TPSA) is 122 Å². The zero-order valence-electron chi connectivity index (χ0n) is 21.0. The lowest BCUT2D eigenvalue weighted by molar-refractivity contribution is -0.156. The second-order valence-electron chi connectivity index (χ2n) is 9.83. The summed E-state index contributed by atoms with van der Waals surface area (Å²) in [5.41, 5.74) is 1.00. The average Bonchev–Trinajstić information content (AvgIpc) is 3.19. The molecule has 2 aliphatic rings. The smallest absolute Gasteiger partial charge is 0.315 e. The Bertz CT molecular complexity index is 1600. The van der Waals surface area contributed by atoms with E-state index in [9.17, 15) is 15.0 Å². The first-order valence-electron chi connectivity index (χ1n) is 12.7. The predicted octanol–water partition coefficient (Wildman–Crippen LogP) is 3.44. The molecule has 3 heterocycles. The Morgan fingerprint density at radius 2 is 2.05 bits per heavy atom. The van der Waals surface area contributed by atoms with Crippen molar-refractivity contribution in [1.29, 1.82) is 0 Å². The number of aliphatic hydroxyl groups excluding tert-OH is 2. The van der Waals surface area contributed by atoms with E-state index in [1.165, 1.54) is 16.9 Å². The zero-order chi connectivity index (χ0) is 27.1. The van der Waals surface area contributed by atoms with E-state index in [0.717, 1.165) is 11.3 Å². The van der Waals surface area contributed by atoms with Crippen LogP contribution in [0.4, 0.5) is 5.82 Å². The number of anilines is 1. The number of nitrogens with one attached hydrogen (secondary N) is 1. The third-order valence-corrected chi connectivity index (χ3v) is 8.74. The Hall–Kier alpha value is -3.49. The standard InChI is InChI=1S/C28H26ClN5O4S/c1-30-25-21-26(33-20(32-25)12-10-17-9-11-19(29)39-17)34(15-31-21)22-18-14-28(18,24(36)23(22)35)27(37)38-13-5-8-16-6-3-2-4-7-16/h2-4,6-7,9,11,15,18,22-24,35-36H,5,8,13-14H2,1H3,(H,30,32,33)/t18-,22-,23+,24+,28-/m1/s1. The number of hydrogen-bond donors (Lipinski definition) is 3. The summed E-state index contributed by atoms with van der Waals surface area (Å²) in [6, 6.07) is 13.0. The molecule has 0 spiro atoms. The van der Waals surface area contributed by atoms with Gasteiger partial charge in [0.1, 0.15) is 11.5 Å². The van der Waals surface area contributed by atoms with E-state index >= 15 is 0 Å². The van der Waals surface area contributed by atoms with Crippen LogP contribution in [0.3, 0.4) is 0 Å². The fraction of sp³-hybridized carbons (Fsp3) is 0.357. The minimum absolute atomic E-state index is 0.250. The van der Waals surface area contributed by atoms with Crippen molar-refractivity contribution < 1.29 is 19.7 Å². The van der Waals surface area contributed by atoms with Gasteiger partial charge in [0.2, 0.25) is 5.82 Å². The number of aromatic nitrogens is 4. The van der Waals surface area contributed by atoms with Crippen LogP contribution in [-0.4, -0.2) is 61.6 Å². The van der Waals surface area contributed by atoms with Gasteiger partial charge in [0.25, 0.3) is 0 Å². The summed E-state index contributed by atoms with van der Waals surface area (Å²) < 4.78 is 7.96. The van der Waals surface area contributed by atoms with Gasteiger partial charge in [0.15, 0.2) is 17.0 Å². The maximum Gasteiger partial charge on any atom is 0.315 e. The minimum atomic E-state index is -1.25. The second kappa shape index (κ2) is 10.2. The van der Waals surface area contributed by atoms with E-state index in [0.29, 0.717) is 34.2 Å². The lowest BCUT2D eigenvalue weighted by atomic mass is 9.99. The molecule has 0 radical (unpaired) electrons. The van der Waals surface area contributed by atoms with Crippen LogP contribution < -0.4 is 5.32 Å². The van der Waals surface area contributed by atoms with Crippen molar-refractivity contribution in [2.45, 2.75) is 37.5 Å². The quantitative estimate of drug-likeness (QED) is 0.178.